The molecule has 0 unspecified atom stereocenters. The van der Waals surface area contributed by atoms with Crippen LogP contribution in [0.4, 0.5) is 0 Å². The third-order valence-electron chi connectivity index (χ3n) is 3.81. The fourth-order valence-corrected chi connectivity index (χ4v) is 2.38. The first-order valence-electron chi connectivity index (χ1n) is 7.05. The summed E-state index contributed by atoms with van der Waals surface area (Å²) in [5.74, 6) is 0.135. The van der Waals surface area contributed by atoms with Crippen molar-refractivity contribution >= 4 is 5.91 Å². The van der Waals surface area contributed by atoms with Crippen LogP contribution in [0.15, 0.2) is 0 Å². The van der Waals surface area contributed by atoms with Gasteiger partial charge in [-0.2, -0.15) is 0 Å². The smallest absolute Gasteiger partial charge is 0.240 e. The van der Waals surface area contributed by atoms with Crippen LogP contribution in [0.1, 0.15) is 41.5 Å². The number of carbonyl (C=O) groups excluding carboxylic acids is 1. The molecule has 1 aliphatic rings. The van der Waals surface area contributed by atoms with E-state index in [9.17, 15) is 4.79 Å². The van der Waals surface area contributed by atoms with E-state index in [-0.39, 0.29) is 11.9 Å². The Hall–Kier alpha value is -0.610. The summed E-state index contributed by atoms with van der Waals surface area (Å²) in [7, 11) is 0. The van der Waals surface area contributed by atoms with Crippen LogP contribution in [0, 0.1) is 0 Å². The van der Waals surface area contributed by atoms with Crippen molar-refractivity contribution in [1.29, 1.82) is 0 Å². The zero-order chi connectivity index (χ0) is 13.9. The molecule has 0 atom stereocenters. The predicted molar refractivity (Wildman–Crippen MR) is 75.6 cm³/mol. The number of nitrogens with zero attached hydrogens (tertiary/aromatic N) is 2. The molecule has 106 valence electrons. The van der Waals surface area contributed by atoms with Crippen LogP contribution < -0.4 is 5.32 Å². The molecule has 1 saturated heterocycles. The summed E-state index contributed by atoms with van der Waals surface area (Å²) in [4.78, 5) is 17.0. The summed E-state index contributed by atoms with van der Waals surface area (Å²) < 4.78 is 0. The predicted octanol–water partition coefficient (Wildman–Crippen LogP) is 1.32. The highest BCUT2D eigenvalue weighted by molar-refractivity contribution is 5.85. The third kappa shape index (κ3) is 3.69. The molecule has 0 radical (unpaired) electrons. The molecular formula is C14H29N3O. The Bertz CT molecular complexity index is 279. The molecule has 1 rings (SSSR count). The quantitative estimate of drug-likeness (QED) is 0.823. The number of piperazine rings is 1. The minimum Gasteiger partial charge on any atom is -0.352 e. The molecule has 1 N–H and O–H groups in total. The number of hydrogen-bond acceptors (Lipinski definition) is 3. The molecule has 0 aromatic heterocycles. The van der Waals surface area contributed by atoms with Crippen molar-refractivity contribution in [2.24, 2.45) is 0 Å². The van der Waals surface area contributed by atoms with Crippen LogP contribution >= 0.6 is 0 Å². The minimum absolute atomic E-state index is 0.135. The standard InChI is InChI=1S/C14H29N3O/c1-11(2)15-13(18)14(5,6)17-9-7-16(8-10-17)12(3)4/h11-12H,7-10H2,1-6H3,(H,15,18). The molecule has 1 heterocycles. The maximum atomic E-state index is 12.2. The summed E-state index contributed by atoms with van der Waals surface area (Å²) in [6.07, 6.45) is 0. The molecule has 1 aliphatic heterocycles. The first-order valence-corrected chi connectivity index (χ1v) is 7.05. The Kier molecular flexibility index (Phi) is 5.17. The molecular weight excluding hydrogens is 226 g/mol. The van der Waals surface area contributed by atoms with E-state index in [1.54, 1.807) is 0 Å². The van der Waals surface area contributed by atoms with Gasteiger partial charge in [0.05, 0.1) is 5.54 Å². The van der Waals surface area contributed by atoms with Crippen LogP contribution in [0.25, 0.3) is 0 Å². The van der Waals surface area contributed by atoms with Gasteiger partial charge in [0, 0.05) is 38.3 Å². The monoisotopic (exact) mass is 255 g/mol. The van der Waals surface area contributed by atoms with E-state index < -0.39 is 5.54 Å². The summed E-state index contributed by atoms with van der Waals surface area (Å²) in [5.41, 5.74) is -0.409. The molecule has 1 fully saturated rings. The number of amides is 1. The van der Waals surface area contributed by atoms with Gasteiger partial charge >= 0.3 is 0 Å². The van der Waals surface area contributed by atoms with Gasteiger partial charge in [-0.1, -0.05) is 0 Å². The lowest BCUT2D eigenvalue weighted by Gasteiger charge is -2.44. The molecule has 0 aromatic carbocycles. The van der Waals surface area contributed by atoms with E-state index in [4.69, 9.17) is 0 Å². The van der Waals surface area contributed by atoms with E-state index >= 15 is 0 Å². The molecule has 0 bridgehead atoms. The summed E-state index contributed by atoms with van der Waals surface area (Å²) >= 11 is 0. The molecule has 1 amide bonds. The SMILES string of the molecule is CC(C)NC(=O)C(C)(C)N1CCN(C(C)C)CC1. The molecule has 0 saturated carbocycles. The maximum Gasteiger partial charge on any atom is 0.240 e. The van der Waals surface area contributed by atoms with Crippen molar-refractivity contribution in [2.45, 2.75) is 59.2 Å². The average molecular weight is 255 g/mol. The Balaban J connectivity index is 2.57. The van der Waals surface area contributed by atoms with Crippen molar-refractivity contribution in [3.63, 3.8) is 0 Å². The molecule has 4 nitrogen and oxygen atoms in total. The van der Waals surface area contributed by atoms with Crippen LogP contribution in [0.3, 0.4) is 0 Å². The zero-order valence-corrected chi connectivity index (χ0v) is 12.8. The summed E-state index contributed by atoms with van der Waals surface area (Å²) in [6, 6.07) is 0.800. The Labute approximate surface area is 112 Å². The van der Waals surface area contributed by atoms with Gasteiger partial charge < -0.3 is 5.32 Å². The minimum atomic E-state index is -0.409. The van der Waals surface area contributed by atoms with Crippen molar-refractivity contribution < 1.29 is 4.79 Å². The van der Waals surface area contributed by atoms with Gasteiger partial charge in [0.2, 0.25) is 5.91 Å². The Morgan fingerprint density at radius 2 is 1.56 bits per heavy atom. The normalized spacial score (nSPS) is 19.6. The van der Waals surface area contributed by atoms with Gasteiger partial charge in [0.25, 0.3) is 0 Å². The van der Waals surface area contributed by atoms with Crippen molar-refractivity contribution in [1.82, 2.24) is 15.1 Å². The Morgan fingerprint density at radius 3 is 1.94 bits per heavy atom. The maximum absolute atomic E-state index is 12.2. The first-order chi connectivity index (χ1) is 8.25. The highest BCUT2D eigenvalue weighted by Crippen LogP contribution is 2.18. The fraction of sp³-hybridized carbons (Fsp3) is 0.929. The van der Waals surface area contributed by atoms with Gasteiger partial charge in [-0.05, 0) is 41.5 Å². The van der Waals surface area contributed by atoms with Crippen molar-refractivity contribution in [3.8, 4) is 0 Å². The zero-order valence-electron chi connectivity index (χ0n) is 12.8. The van der Waals surface area contributed by atoms with Gasteiger partial charge in [0.1, 0.15) is 0 Å². The van der Waals surface area contributed by atoms with Crippen LogP contribution in [-0.2, 0) is 4.79 Å². The second-order valence-electron chi connectivity index (χ2n) is 6.30. The largest absolute Gasteiger partial charge is 0.352 e. The number of rotatable bonds is 4. The van der Waals surface area contributed by atoms with Crippen LogP contribution in [-0.4, -0.2) is 59.5 Å². The highest BCUT2D eigenvalue weighted by atomic mass is 16.2. The topological polar surface area (TPSA) is 35.6 Å². The average Bonchev–Trinajstić information content (AvgIpc) is 2.28. The molecule has 0 aliphatic carbocycles. The molecule has 18 heavy (non-hydrogen) atoms. The van der Waals surface area contributed by atoms with E-state index in [1.807, 2.05) is 27.7 Å². The number of carbonyl (C=O) groups is 1. The lowest BCUT2D eigenvalue weighted by atomic mass is 9.99. The lowest BCUT2D eigenvalue weighted by Crippen LogP contribution is -2.61. The van der Waals surface area contributed by atoms with Crippen LogP contribution in [0.5, 0.6) is 0 Å². The van der Waals surface area contributed by atoms with Gasteiger partial charge in [-0.3, -0.25) is 14.6 Å². The molecule has 0 aromatic rings. The summed E-state index contributed by atoms with van der Waals surface area (Å²) in [6.45, 7) is 16.6. The van der Waals surface area contributed by atoms with Crippen molar-refractivity contribution in [2.75, 3.05) is 26.2 Å². The van der Waals surface area contributed by atoms with E-state index in [2.05, 4.69) is 29.0 Å². The van der Waals surface area contributed by atoms with Gasteiger partial charge in [0.15, 0.2) is 0 Å². The molecule has 0 spiro atoms. The van der Waals surface area contributed by atoms with E-state index in [1.165, 1.54) is 0 Å². The highest BCUT2D eigenvalue weighted by Gasteiger charge is 2.36. The Morgan fingerprint density at radius 1 is 1.06 bits per heavy atom. The van der Waals surface area contributed by atoms with Crippen LogP contribution in [0.2, 0.25) is 0 Å². The summed E-state index contributed by atoms with van der Waals surface area (Å²) in [5, 5.41) is 3.02. The second-order valence-corrected chi connectivity index (χ2v) is 6.30. The lowest BCUT2D eigenvalue weighted by molar-refractivity contribution is -0.133. The number of hydrogen-bond donors (Lipinski definition) is 1. The molecule has 4 heteroatoms. The number of nitrogens with one attached hydrogen (secondary N) is 1. The first kappa shape index (κ1) is 15.4. The van der Waals surface area contributed by atoms with E-state index in [0.29, 0.717) is 6.04 Å². The fourth-order valence-electron chi connectivity index (χ4n) is 2.38. The van der Waals surface area contributed by atoms with E-state index in [0.717, 1.165) is 26.2 Å². The second kappa shape index (κ2) is 6.02. The van der Waals surface area contributed by atoms with Gasteiger partial charge in [-0.25, -0.2) is 0 Å². The van der Waals surface area contributed by atoms with Crippen molar-refractivity contribution in [3.05, 3.63) is 0 Å². The third-order valence-corrected chi connectivity index (χ3v) is 3.81. The van der Waals surface area contributed by atoms with Gasteiger partial charge in [-0.15, -0.1) is 0 Å².